The van der Waals surface area contributed by atoms with Crippen molar-refractivity contribution in [2.45, 2.75) is 26.8 Å². The number of aryl methyl sites for hydroxylation is 1. The van der Waals surface area contributed by atoms with Gasteiger partial charge in [-0.15, -0.1) is 0 Å². The van der Waals surface area contributed by atoms with E-state index < -0.39 is 0 Å². The van der Waals surface area contributed by atoms with E-state index in [0.717, 1.165) is 24.9 Å². The highest BCUT2D eigenvalue weighted by molar-refractivity contribution is 5.84. The first-order chi connectivity index (χ1) is 8.70. The third-order valence-electron chi connectivity index (χ3n) is 2.76. The predicted molar refractivity (Wildman–Crippen MR) is 70.3 cm³/mol. The third kappa shape index (κ3) is 2.83. The zero-order chi connectivity index (χ0) is 13.0. The van der Waals surface area contributed by atoms with Gasteiger partial charge >= 0.3 is 0 Å². The molecule has 0 N–H and O–H groups in total. The van der Waals surface area contributed by atoms with Crippen LogP contribution in [0.1, 0.15) is 30.6 Å². The molecule has 0 aliphatic carbocycles. The summed E-state index contributed by atoms with van der Waals surface area (Å²) >= 11 is 0. The van der Waals surface area contributed by atoms with Gasteiger partial charge in [0.15, 0.2) is 6.29 Å². The Labute approximate surface area is 107 Å². The maximum atomic E-state index is 11.1. The average Bonchev–Trinajstić information content (AvgIpc) is 2.80. The van der Waals surface area contributed by atoms with E-state index >= 15 is 0 Å². The molecular weight excluding hydrogens is 226 g/mol. The van der Waals surface area contributed by atoms with Gasteiger partial charge in [-0.1, -0.05) is 19.9 Å². The van der Waals surface area contributed by atoms with E-state index in [0.29, 0.717) is 17.2 Å². The fraction of sp³-hybridized carbons (Fsp3) is 0.357. The van der Waals surface area contributed by atoms with Crippen molar-refractivity contribution in [2.24, 2.45) is 5.92 Å². The first-order valence-corrected chi connectivity index (χ1v) is 6.14. The van der Waals surface area contributed by atoms with Gasteiger partial charge in [0.05, 0.1) is 11.3 Å². The van der Waals surface area contributed by atoms with Crippen molar-refractivity contribution < 1.29 is 4.79 Å². The number of hydrogen-bond donors (Lipinski definition) is 0. The Morgan fingerprint density at radius 3 is 2.83 bits per heavy atom. The van der Waals surface area contributed by atoms with Gasteiger partial charge in [0.25, 0.3) is 0 Å². The lowest BCUT2D eigenvalue weighted by Crippen LogP contribution is -2.02. The molecule has 0 aliphatic heterocycles. The molecule has 94 valence electrons. The van der Waals surface area contributed by atoms with Crippen LogP contribution in [-0.4, -0.2) is 21.1 Å². The molecule has 4 heteroatoms. The highest BCUT2D eigenvalue weighted by atomic mass is 16.1. The molecule has 0 aliphatic rings. The van der Waals surface area contributed by atoms with Crippen molar-refractivity contribution in [1.29, 1.82) is 0 Å². The smallest absolute Gasteiger partial charge is 0.153 e. The molecule has 0 aromatic carbocycles. The van der Waals surface area contributed by atoms with Gasteiger partial charge in [-0.25, -0.2) is 0 Å². The molecule has 2 rings (SSSR count). The summed E-state index contributed by atoms with van der Waals surface area (Å²) in [5.41, 5.74) is 2.00. The summed E-state index contributed by atoms with van der Waals surface area (Å²) in [7, 11) is 0. The first-order valence-electron chi connectivity index (χ1n) is 6.14. The van der Waals surface area contributed by atoms with Gasteiger partial charge in [0, 0.05) is 18.9 Å². The molecule has 18 heavy (non-hydrogen) atoms. The molecular formula is C14H17N3O. The fourth-order valence-corrected chi connectivity index (χ4v) is 1.73. The molecule has 4 nitrogen and oxygen atoms in total. The fourth-order valence-electron chi connectivity index (χ4n) is 1.73. The summed E-state index contributed by atoms with van der Waals surface area (Å²) in [5, 5.41) is 4.45. The summed E-state index contributed by atoms with van der Waals surface area (Å²) in [6, 6.07) is 5.60. The zero-order valence-corrected chi connectivity index (χ0v) is 10.7. The lowest BCUT2D eigenvalue weighted by molar-refractivity contribution is 0.112. The van der Waals surface area contributed by atoms with Crippen LogP contribution >= 0.6 is 0 Å². The monoisotopic (exact) mass is 243 g/mol. The molecule has 0 bridgehead atoms. The molecule has 2 aromatic rings. The summed E-state index contributed by atoms with van der Waals surface area (Å²) < 4.78 is 1.83. The Morgan fingerprint density at radius 2 is 2.22 bits per heavy atom. The second-order valence-electron chi connectivity index (χ2n) is 4.71. The van der Waals surface area contributed by atoms with Crippen molar-refractivity contribution in [3.63, 3.8) is 0 Å². The van der Waals surface area contributed by atoms with E-state index in [1.165, 1.54) is 0 Å². The van der Waals surface area contributed by atoms with Gasteiger partial charge in [-0.3, -0.25) is 14.5 Å². The molecule has 0 spiro atoms. The average molecular weight is 243 g/mol. The first kappa shape index (κ1) is 12.5. The van der Waals surface area contributed by atoms with Crippen LogP contribution in [0.25, 0.3) is 11.4 Å². The quantitative estimate of drug-likeness (QED) is 0.759. The molecule has 0 amide bonds. The molecule has 0 radical (unpaired) electrons. The Balaban J connectivity index is 2.27. The summed E-state index contributed by atoms with van der Waals surface area (Å²) in [6.07, 6.45) is 5.38. The molecule has 0 saturated heterocycles. The maximum Gasteiger partial charge on any atom is 0.153 e. The van der Waals surface area contributed by atoms with E-state index in [1.54, 1.807) is 12.4 Å². The van der Waals surface area contributed by atoms with Gasteiger partial charge in [-0.2, -0.15) is 5.10 Å². The minimum atomic E-state index is 0.595. The van der Waals surface area contributed by atoms with Gasteiger partial charge in [0.2, 0.25) is 0 Å². The largest absolute Gasteiger partial charge is 0.298 e. The molecule has 0 fully saturated rings. The van der Waals surface area contributed by atoms with Crippen molar-refractivity contribution in [2.75, 3.05) is 0 Å². The van der Waals surface area contributed by atoms with Crippen LogP contribution in [0.5, 0.6) is 0 Å². The van der Waals surface area contributed by atoms with Crippen LogP contribution < -0.4 is 0 Å². The second kappa shape index (κ2) is 5.58. The van der Waals surface area contributed by atoms with E-state index in [2.05, 4.69) is 23.9 Å². The summed E-state index contributed by atoms with van der Waals surface area (Å²) in [4.78, 5) is 15.3. The lowest BCUT2D eigenvalue weighted by atomic mass is 10.1. The van der Waals surface area contributed by atoms with E-state index in [-0.39, 0.29) is 0 Å². The van der Waals surface area contributed by atoms with Crippen molar-refractivity contribution >= 4 is 6.29 Å². The van der Waals surface area contributed by atoms with Gasteiger partial charge in [-0.05, 0) is 24.5 Å². The molecule has 0 unspecified atom stereocenters. The van der Waals surface area contributed by atoms with Crippen LogP contribution in [-0.2, 0) is 6.54 Å². The summed E-state index contributed by atoms with van der Waals surface area (Å²) in [6.45, 7) is 5.17. The van der Waals surface area contributed by atoms with Gasteiger partial charge < -0.3 is 0 Å². The highest BCUT2D eigenvalue weighted by Gasteiger charge is 2.11. The topological polar surface area (TPSA) is 47.8 Å². The van der Waals surface area contributed by atoms with Crippen LogP contribution in [0, 0.1) is 5.92 Å². The Morgan fingerprint density at radius 1 is 1.39 bits per heavy atom. The van der Waals surface area contributed by atoms with Crippen molar-refractivity contribution in [3.8, 4) is 11.4 Å². The van der Waals surface area contributed by atoms with Crippen LogP contribution in [0.15, 0.2) is 30.6 Å². The number of hydrogen-bond acceptors (Lipinski definition) is 3. The number of aromatic nitrogens is 3. The molecule has 0 saturated carbocycles. The number of carbonyl (C=O) groups is 1. The Kier molecular flexibility index (Phi) is 3.87. The molecule has 0 atom stereocenters. The number of pyridine rings is 1. The normalized spacial score (nSPS) is 10.8. The molecule has 2 heterocycles. The van der Waals surface area contributed by atoms with E-state index in [1.807, 2.05) is 22.9 Å². The summed E-state index contributed by atoms with van der Waals surface area (Å²) in [5.74, 6) is 0.618. The Hall–Kier alpha value is -1.97. The van der Waals surface area contributed by atoms with Crippen molar-refractivity contribution in [1.82, 2.24) is 14.8 Å². The van der Waals surface area contributed by atoms with Crippen LogP contribution in [0.2, 0.25) is 0 Å². The third-order valence-corrected chi connectivity index (χ3v) is 2.76. The van der Waals surface area contributed by atoms with Crippen molar-refractivity contribution in [3.05, 3.63) is 36.2 Å². The number of carbonyl (C=O) groups excluding carboxylic acids is 1. The second-order valence-corrected chi connectivity index (χ2v) is 4.71. The standard InChI is InChI=1S/C14H17N3O/c1-11(2)6-8-17-9-12(10-18)14(16-17)13-5-3-4-7-15-13/h3-5,7,9-11H,6,8H2,1-2H3. The SMILES string of the molecule is CC(C)CCn1cc(C=O)c(-c2ccccn2)n1. The lowest BCUT2D eigenvalue weighted by Gasteiger charge is -2.03. The van der Waals surface area contributed by atoms with Crippen LogP contribution in [0.4, 0.5) is 0 Å². The zero-order valence-electron chi connectivity index (χ0n) is 10.7. The molecule has 2 aromatic heterocycles. The van der Waals surface area contributed by atoms with Gasteiger partial charge in [0.1, 0.15) is 5.69 Å². The number of nitrogens with zero attached hydrogens (tertiary/aromatic N) is 3. The van der Waals surface area contributed by atoms with E-state index in [4.69, 9.17) is 0 Å². The Bertz CT molecular complexity index is 517. The number of aldehydes is 1. The van der Waals surface area contributed by atoms with Crippen LogP contribution in [0.3, 0.4) is 0 Å². The minimum Gasteiger partial charge on any atom is -0.298 e. The van der Waals surface area contributed by atoms with E-state index in [9.17, 15) is 4.79 Å². The predicted octanol–water partition coefficient (Wildman–Crippen LogP) is 2.80. The minimum absolute atomic E-state index is 0.595. The highest BCUT2D eigenvalue weighted by Crippen LogP contribution is 2.18. The number of rotatable bonds is 5. The maximum absolute atomic E-state index is 11.1.